The molecular formula is C15H11NO. The summed E-state index contributed by atoms with van der Waals surface area (Å²) >= 11 is 0. The number of aromatic nitrogens is 1. The molecule has 2 heteroatoms. The van der Waals surface area contributed by atoms with Crippen LogP contribution in [0, 0.1) is 0 Å². The number of nitrogens with zero attached hydrogens (tertiary/aromatic N) is 1. The molecule has 0 N–H and O–H groups in total. The van der Waals surface area contributed by atoms with E-state index in [1.165, 1.54) is 0 Å². The number of para-hydroxylation sites is 1. The Morgan fingerprint density at radius 3 is 2.71 bits per heavy atom. The average Bonchev–Trinajstić information content (AvgIpc) is 2.62. The lowest BCUT2D eigenvalue weighted by molar-refractivity contribution is 0.512. The number of pyridine rings is 1. The summed E-state index contributed by atoms with van der Waals surface area (Å²) in [6, 6.07) is 13.7. The lowest BCUT2D eigenvalue weighted by atomic mass is 10.2. The first-order valence-electron chi connectivity index (χ1n) is 5.50. The van der Waals surface area contributed by atoms with E-state index >= 15 is 0 Å². The Kier molecular flexibility index (Phi) is 2.47. The van der Waals surface area contributed by atoms with Crippen molar-refractivity contribution in [3.05, 3.63) is 72.1 Å². The second kappa shape index (κ2) is 4.26. The van der Waals surface area contributed by atoms with Gasteiger partial charge >= 0.3 is 0 Å². The van der Waals surface area contributed by atoms with E-state index in [1.807, 2.05) is 60.7 Å². The highest BCUT2D eigenvalue weighted by molar-refractivity contribution is 5.69. The molecule has 0 aliphatic carbocycles. The molecule has 1 aromatic heterocycles. The Bertz CT molecular complexity index is 585. The molecule has 0 atom stereocenters. The third-order valence-electron chi connectivity index (χ3n) is 2.58. The zero-order valence-corrected chi connectivity index (χ0v) is 9.21. The van der Waals surface area contributed by atoms with Gasteiger partial charge in [-0.25, -0.2) is 0 Å². The molecule has 17 heavy (non-hydrogen) atoms. The summed E-state index contributed by atoms with van der Waals surface area (Å²) in [4.78, 5) is 4.29. The number of ether oxygens (including phenoxy) is 1. The fraction of sp³-hybridized carbons (Fsp3) is 0. The summed E-state index contributed by atoms with van der Waals surface area (Å²) in [6.45, 7) is 0. The van der Waals surface area contributed by atoms with Crippen LogP contribution >= 0.6 is 0 Å². The van der Waals surface area contributed by atoms with Crippen LogP contribution in [0.15, 0.2) is 60.8 Å². The van der Waals surface area contributed by atoms with Gasteiger partial charge in [0, 0.05) is 11.8 Å². The van der Waals surface area contributed by atoms with E-state index in [0.717, 1.165) is 22.8 Å². The molecule has 1 aliphatic rings. The molecule has 2 nitrogen and oxygen atoms in total. The van der Waals surface area contributed by atoms with Gasteiger partial charge in [0.05, 0.1) is 0 Å². The highest BCUT2D eigenvalue weighted by Gasteiger charge is 2.09. The van der Waals surface area contributed by atoms with Crippen LogP contribution in [0.4, 0.5) is 0 Å². The fourth-order valence-corrected chi connectivity index (χ4v) is 1.75. The molecule has 0 saturated carbocycles. The van der Waals surface area contributed by atoms with Gasteiger partial charge in [0.15, 0.2) is 5.76 Å². The first-order valence-corrected chi connectivity index (χ1v) is 5.50. The van der Waals surface area contributed by atoms with Crippen LogP contribution in [0.3, 0.4) is 0 Å². The summed E-state index contributed by atoms with van der Waals surface area (Å²) in [7, 11) is 0. The average molecular weight is 221 g/mol. The van der Waals surface area contributed by atoms with Gasteiger partial charge in [-0.2, -0.15) is 0 Å². The van der Waals surface area contributed by atoms with Crippen molar-refractivity contribution in [3.8, 4) is 5.75 Å². The van der Waals surface area contributed by atoms with Gasteiger partial charge in [-0.05, 0) is 24.3 Å². The second-order valence-electron chi connectivity index (χ2n) is 3.74. The molecule has 0 radical (unpaired) electrons. The second-order valence-corrected chi connectivity index (χ2v) is 3.74. The predicted molar refractivity (Wildman–Crippen MR) is 68.3 cm³/mol. The van der Waals surface area contributed by atoms with Gasteiger partial charge < -0.3 is 4.74 Å². The Hall–Kier alpha value is -2.35. The molecular weight excluding hydrogens is 210 g/mol. The van der Waals surface area contributed by atoms with E-state index in [-0.39, 0.29) is 0 Å². The Morgan fingerprint density at radius 1 is 0.941 bits per heavy atom. The van der Waals surface area contributed by atoms with Crippen LogP contribution in [-0.2, 0) is 0 Å². The van der Waals surface area contributed by atoms with Crippen molar-refractivity contribution < 1.29 is 4.74 Å². The standard InChI is InChI=1S/C15H11NO/c1-2-9-14-12(6-1)7-5-10-15(17-14)13-8-3-4-11-16-13/h1-11H. The van der Waals surface area contributed by atoms with Crippen molar-refractivity contribution in [3.63, 3.8) is 0 Å². The topological polar surface area (TPSA) is 22.1 Å². The molecule has 0 amide bonds. The maximum atomic E-state index is 5.88. The number of allylic oxidation sites excluding steroid dienone is 2. The zero-order valence-electron chi connectivity index (χ0n) is 9.21. The van der Waals surface area contributed by atoms with Crippen LogP contribution in [0.5, 0.6) is 5.75 Å². The molecule has 0 unspecified atom stereocenters. The minimum absolute atomic E-state index is 0.770. The number of hydrogen-bond acceptors (Lipinski definition) is 2. The molecule has 1 aliphatic heterocycles. The number of benzene rings is 1. The third kappa shape index (κ3) is 1.97. The van der Waals surface area contributed by atoms with E-state index in [4.69, 9.17) is 4.74 Å². The van der Waals surface area contributed by atoms with Gasteiger partial charge in [0.25, 0.3) is 0 Å². The lowest BCUT2D eigenvalue weighted by Crippen LogP contribution is -1.97. The van der Waals surface area contributed by atoms with E-state index in [1.54, 1.807) is 6.20 Å². The summed E-state index contributed by atoms with van der Waals surface area (Å²) in [6.07, 6.45) is 7.71. The fourth-order valence-electron chi connectivity index (χ4n) is 1.75. The van der Waals surface area contributed by atoms with Gasteiger partial charge in [-0.3, -0.25) is 4.98 Å². The number of rotatable bonds is 1. The van der Waals surface area contributed by atoms with Crippen LogP contribution in [0.2, 0.25) is 0 Å². The molecule has 3 rings (SSSR count). The Labute approximate surface area is 99.9 Å². The SMILES string of the molecule is C1=Cc2ccccc2OC(c2ccccn2)=C1. The van der Waals surface area contributed by atoms with Crippen molar-refractivity contribution in [2.75, 3.05) is 0 Å². The maximum Gasteiger partial charge on any atom is 0.153 e. The molecule has 1 aromatic carbocycles. The maximum absolute atomic E-state index is 5.88. The molecule has 0 saturated heterocycles. The van der Waals surface area contributed by atoms with E-state index in [0.29, 0.717) is 0 Å². The van der Waals surface area contributed by atoms with Crippen molar-refractivity contribution >= 4 is 11.8 Å². The predicted octanol–water partition coefficient (Wildman–Crippen LogP) is 3.53. The monoisotopic (exact) mass is 221 g/mol. The first-order chi connectivity index (χ1) is 8.43. The Morgan fingerprint density at radius 2 is 1.82 bits per heavy atom. The highest BCUT2D eigenvalue weighted by atomic mass is 16.5. The van der Waals surface area contributed by atoms with Crippen LogP contribution in [0.25, 0.3) is 11.8 Å². The summed E-state index contributed by atoms with van der Waals surface area (Å²) in [5.74, 6) is 1.63. The smallest absolute Gasteiger partial charge is 0.153 e. The Balaban J connectivity index is 2.02. The van der Waals surface area contributed by atoms with Crippen molar-refractivity contribution in [2.24, 2.45) is 0 Å². The molecule has 0 fully saturated rings. The zero-order chi connectivity index (χ0) is 11.5. The van der Waals surface area contributed by atoms with Gasteiger partial charge in [-0.15, -0.1) is 0 Å². The van der Waals surface area contributed by atoms with Crippen LogP contribution in [-0.4, -0.2) is 4.98 Å². The van der Waals surface area contributed by atoms with Crippen molar-refractivity contribution in [2.45, 2.75) is 0 Å². The summed E-state index contributed by atoms with van der Waals surface area (Å²) < 4.78 is 5.88. The highest BCUT2D eigenvalue weighted by Crippen LogP contribution is 2.27. The molecule has 0 spiro atoms. The molecule has 2 heterocycles. The third-order valence-corrected chi connectivity index (χ3v) is 2.58. The van der Waals surface area contributed by atoms with E-state index < -0.39 is 0 Å². The van der Waals surface area contributed by atoms with Gasteiger partial charge in [0.2, 0.25) is 0 Å². The molecule has 2 aromatic rings. The number of hydrogen-bond donors (Lipinski definition) is 0. The summed E-state index contributed by atoms with van der Waals surface area (Å²) in [5.41, 5.74) is 1.92. The molecule has 82 valence electrons. The number of fused-ring (bicyclic) bond motifs is 1. The van der Waals surface area contributed by atoms with Gasteiger partial charge in [-0.1, -0.05) is 36.4 Å². The lowest BCUT2D eigenvalue weighted by Gasteiger charge is -2.09. The van der Waals surface area contributed by atoms with E-state index in [9.17, 15) is 0 Å². The van der Waals surface area contributed by atoms with Gasteiger partial charge in [0.1, 0.15) is 11.4 Å². The minimum atomic E-state index is 0.770. The van der Waals surface area contributed by atoms with Crippen LogP contribution < -0.4 is 4.74 Å². The van der Waals surface area contributed by atoms with Crippen molar-refractivity contribution in [1.82, 2.24) is 4.98 Å². The normalized spacial score (nSPS) is 13.3. The minimum Gasteiger partial charge on any atom is -0.454 e. The summed E-state index contributed by atoms with van der Waals surface area (Å²) in [5, 5.41) is 0. The molecule has 0 bridgehead atoms. The van der Waals surface area contributed by atoms with Crippen molar-refractivity contribution in [1.29, 1.82) is 0 Å². The first kappa shape index (κ1) is 9.85. The largest absolute Gasteiger partial charge is 0.454 e. The van der Waals surface area contributed by atoms with Crippen LogP contribution in [0.1, 0.15) is 11.3 Å². The quantitative estimate of drug-likeness (QED) is 0.735. The van der Waals surface area contributed by atoms with E-state index in [2.05, 4.69) is 4.98 Å².